The van der Waals surface area contributed by atoms with Crippen LogP contribution in [0.2, 0.25) is 0 Å². The molecule has 4 rings (SSSR count). The quantitative estimate of drug-likeness (QED) is 0.636. The van der Waals surface area contributed by atoms with Gasteiger partial charge in [-0.05, 0) is 72.9 Å². The number of fused-ring (bicyclic) bond motifs is 1. The lowest BCUT2D eigenvalue weighted by molar-refractivity contribution is -0.120. The number of benzene rings is 3. The molecule has 0 fully saturated rings. The molecule has 0 aliphatic carbocycles. The van der Waals surface area contributed by atoms with Crippen LogP contribution in [0.5, 0.6) is 5.75 Å². The summed E-state index contributed by atoms with van der Waals surface area (Å²) in [6.07, 6.45) is 0.308. The minimum atomic E-state index is -3.92. The summed E-state index contributed by atoms with van der Waals surface area (Å²) in [4.78, 5) is 13.5. The number of nitrogens with zero attached hydrogens (tertiary/aromatic N) is 1. The molecule has 166 valence electrons. The van der Waals surface area contributed by atoms with E-state index in [0.717, 1.165) is 22.3 Å². The van der Waals surface area contributed by atoms with Crippen LogP contribution in [0.3, 0.4) is 0 Å². The molecule has 3 aromatic rings. The maximum absolute atomic E-state index is 13.6. The number of nitrogens with one attached hydrogen (secondary N) is 1. The van der Waals surface area contributed by atoms with Crippen molar-refractivity contribution in [2.75, 3.05) is 12.4 Å². The van der Waals surface area contributed by atoms with Gasteiger partial charge in [-0.3, -0.25) is 4.79 Å². The molecule has 32 heavy (non-hydrogen) atoms. The van der Waals surface area contributed by atoms with E-state index in [2.05, 4.69) is 5.32 Å². The number of sulfonamides is 1. The summed E-state index contributed by atoms with van der Waals surface area (Å²) in [7, 11) is -2.39. The summed E-state index contributed by atoms with van der Waals surface area (Å²) >= 11 is 0. The number of rotatable bonds is 5. The van der Waals surface area contributed by atoms with Crippen LogP contribution in [-0.4, -0.2) is 31.8 Å². The molecule has 1 amide bonds. The summed E-state index contributed by atoms with van der Waals surface area (Å²) in [6, 6.07) is 18.8. The molecule has 1 aliphatic rings. The van der Waals surface area contributed by atoms with Crippen LogP contribution in [0.1, 0.15) is 22.3 Å². The van der Waals surface area contributed by atoms with Crippen LogP contribution in [0, 0.1) is 13.8 Å². The zero-order valence-electron chi connectivity index (χ0n) is 18.3. The van der Waals surface area contributed by atoms with Gasteiger partial charge in [0.25, 0.3) is 0 Å². The Labute approximate surface area is 188 Å². The van der Waals surface area contributed by atoms with E-state index in [1.807, 2.05) is 56.3 Å². The Kier molecular flexibility index (Phi) is 6.04. The summed E-state index contributed by atoms with van der Waals surface area (Å²) in [5.41, 5.74) is 4.51. The van der Waals surface area contributed by atoms with Gasteiger partial charge < -0.3 is 10.1 Å². The van der Waals surface area contributed by atoms with Gasteiger partial charge in [0.1, 0.15) is 11.8 Å². The molecule has 0 bridgehead atoms. The van der Waals surface area contributed by atoms with E-state index >= 15 is 0 Å². The van der Waals surface area contributed by atoms with Gasteiger partial charge in [0.05, 0.1) is 12.0 Å². The van der Waals surface area contributed by atoms with E-state index in [1.54, 1.807) is 12.1 Å². The van der Waals surface area contributed by atoms with Crippen molar-refractivity contribution < 1.29 is 17.9 Å². The van der Waals surface area contributed by atoms with Crippen molar-refractivity contribution in [2.45, 2.75) is 37.8 Å². The van der Waals surface area contributed by atoms with Crippen LogP contribution < -0.4 is 10.1 Å². The molecule has 6 nitrogen and oxygen atoms in total. The molecule has 1 heterocycles. The Morgan fingerprint density at radius 1 is 1.00 bits per heavy atom. The Balaban J connectivity index is 1.72. The minimum absolute atomic E-state index is 0.127. The maximum Gasteiger partial charge on any atom is 0.244 e. The number of methoxy groups -OCH3 is 1. The zero-order valence-corrected chi connectivity index (χ0v) is 19.1. The SMILES string of the molecule is COc1ccc(S(=O)(=O)N2Cc3ccccc3CC2C(=O)Nc2cc(C)ccc2C)cc1. The molecule has 1 aliphatic heterocycles. The van der Waals surface area contributed by atoms with Crippen LogP contribution in [0.15, 0.2) is 71.6 Å². The van der Waals surface area contributed by atoms with Gasteiger partial charge in [0.2, 0.25) is 15.9 Å². The third-order valence-corrected chi connectivity index (χ3v) is 7.69. The molecule has 0 saturated heterocycles. The van der Waals surface area contributed by atoms with Crippen LogP contribution in [0.25, 0.3) is 0 Å². The van der Waals surface area contributed by atoms with Crippen molar-refractivity contribution >= 4 is 21.6 Å². The van der Waals surface area contributed by atoms with Gasteiger partial charge in [-0.1, -0.05) is 36.4 Å². The van der Waals surface area contributed by atoms with Crippen LogP contribution in [0.4, 0.5) is 5.69 Å². The van der Waals surface area contributed by atoms with Crippen molar-refractivity contribution in [1.29, 1.82) is 0 Å². The summed E-state index contributed by atoms with van der Waals surface area (Å²) in [6.45, 7) is 4.00. The van der Waals surface area contributed by atoms with Gasteiger partial charge >= 0.3 is 0 Å². The molecule has 3 aromatic carbocycles. The first kappa shape index (κ1) is 22.0. The molecule has 0 saturated carbocycles. The second-order valence-electron chi connectivity index (χ2n) is 8.02. The highest BCUT2D eigenvalue weighted by Crippen LogP contribution is 2.31. The van der Waals surface area contributed by atoms with E-state index in [9.17, 15) is 13.2 Å². The van der Waals surface area contributed by atoms with Gasteiger partial charge in [-0.15, -0.1) is 0 Å². The fraction of sp³-hybridized carbons (Fsp3) is 0.240. The molecule has 1 unspecified atom stereocenters. The van der Waals surface area contributed by atoms with Crippen LogP contribution >= 0.6 is 0 Å². The predicted molar refractivity (Wildman–Crippen MR) is 124 cm³/mol. The van der Waals surface area contributed by atoms with E-state index in [0.29, 0.717) is 17.9 Å². The molecule has 0 spiro atoms. The highest BCUT2D eigenvalue weighted by molar-refractivity contribution is 7.89. The lowest BCUT2D eigenvalue weighted by Crippen LogP contribution is -2.50. The summed E-state index contributed by atoms with van der Waals surface area (Å²) in [5.74, 6) is 0.224. The van der Waals surface area contributed by atoms with Crippen molar-refractivity contribution in [1.82, 2.24) is 4.31 Å². The first-order valence-corrected chi connectivity index (χ1v) is 11.8. The maximum atomic E-state index is 13.6. The van der Waals surface area contributed by atoms with Crippen molar-refractivity contribution in [3.63, 3.8) is 0 Å². The van der Waals surface area contributed by atoms with Gasteiger partial charge in [-0.25, -0.2) is 8.42 Å². The lowest BCUT2D eigenvalue weighted by atomic mass is 9.95. The molecule has 1 atom stereocenters. The fourth-order valence-corrected chi connectivity index (χ4v) is 5.51. The normalized spacial score (nSPS) is 16.3. The first-order chi connectivity index (χ1) is 15.3. The van der Waals surface area contributed by atoms with Gasteiger partial charge in [-0.2, -0.15) is 4.31 Å². The average molecular weight is 451 g/mol. The van der Waals surface area contributed by atoms with Gasteiger partial charge in [0.15, 0.2) is 0 Å². The second kappa shape index (κ2) is 8.76. The number of aryl methyl sites for hydroxylation is 2. The largest absolute Gasteiger partial charge is 0.497 e. The molecule has 0 radical (unpaired) electrons. The third-order valence-electron chi connectivity index (χ3n) is 5.83. The van der Waals surface area contributed by atoms with E-state index in [-0.39, 0.29) is 17.3 Å². The van der Waals surface area contributed by atoms with Crippen LogP contribution in [-0.2, 0) is 27.8 Å². The monoisotopic (exact) mass is 450 g/mol. The smallest absolute Gasteiger partial charge is 0.244 e. The van der Waals surface area contributed by atoms with E-state index in [4.69, 9.17) is 4.74 Å². The Morgan fingerprint density at radius 3 is 2.38 bits per heavy atom. The number of hydrogen-bond donors (Lipinski definition) is 1. The van der Waals surface area contributed by atoms with E-state index in [1.165, 1.54) is 23.5 Å². The highest BCUT2D eigenvalue weighted by atomic mass is 32.2. The number of carbonyl (C=O) groups is 1. The molecule has 0 aromatic heterocycles. The summed E-state index contributed by atoms with van der Waals surface area (Å²) in [5, 5.41) is 2.96. The Morgan fingerprint density at radius 2 is 1.69 bits per heavy atom. The van der Waals surface area contributed by atoms with Crippen molar-refractivity contribution in [3.8, 4) is 5.75 Å². The standard InChI is InChI=1S/C25H26N2O4S/c1-17-8-9-18(2)23(14-17)26-25(28)24-15-19-6-4-5-7-20(19)16-27(24)32(29,30)22-12-10-21(31-3)11-13-22/h4-14,24H,15-16H2,1-3H3,(H,26,28). The number of anilines is 1. The third kappa shape index (κ3) is 4.26. The fourth-order valence-electron chi connectivity index (χ4n) is 3.94. The second-order valence-corrected chi connectivity index (χ2v) is 9.91. The van der Waals surface area contributed by atoms with Crippen molar-refractivity contribution in [2.24, 2.45) is 0 Å². The topological polar surface area (TPSA) is 75.7 Å². The number of ether oxygens (including phenoxy) is 1. The number of hydrogen-bond acceptors (Lipinski definition) is 4. The van der Waals surface area contributed by atoms with E-state index < -0.39 is 16.1 Å². The summed E-state index contributed by atoms with van der Waals surface area (Å²) < 4.78 is 33.6. The molecular weight excluding hydrogens is 424 g/mol. The Bertz CT molecular complexity index is 1250. The highest BCUT2D eigenvalue weighted by Gasteiger charge is 2.39. The zero-order chi connectivity index (χ0) is 22.9. The molecule has 7 heteroatoms. The number of carbonyl (C=O) groups excluding carboxylic acids is 1. The number of amides is 1. The average Bonchev–Trinajstić information content (AvgIpc) is 2.80. The Hall–Kier alpha value is -3.16. The lowest BCUT2D eigenvalue weighted by Gasteiger charge is -2.35. The van der Waals surface area contributed by atoms with Gasteiger partial charge in [0, 0.05) is 12.2 Å². The predicted octanol–water partition coefficient (Wildman–Crippen LogP) is 4.07. The molecule has 1 N–H and O–H groups in total. The first-order valence-electron chi connectivity index (χ1n) is 10.4. The minimum Gasteiger partial charge on any atom is -0.497 e. The molecular formula is C25H26N2O4S. The van der Waals surface area contributed by atoms with Crippen molar-refractivity contribution in [3.05, 3.63) is 89.0 Å².